The number of aromatic amines is 2. The van der Waals surface area contributed by atoms with E-state index in [1.165, 1.54) is 10.9 Å². The summed E-state index contributed by atoms with van der Waals surface area (Å²) < 4.78 is 1.91. The second-order valence-electron chi connectivity index (χ2n) is 6.94. The van der Waals surface area contributed by atoms with E-state index in [-0.39, 0.29) is 28.3 Å². The molecular formula is C19H23N4O2S+. The van der Waals surface area contributed by atoms with E-state index in [1.807, 2.05) is 32.0 Å². The first-order valence-electron chi connectivity index (χ1n) is 9.03. The third-order valence-corrected chi connectivity index (χ3v) is 5.75. The van der Waals surface area contributed by atoms with Crippen molar-refractivity contribution < 1.29 is 10.4 Å². The van der Waals surface area contributed by atoms with E-state index < -0.39 is 0 Å². The Bertz CT molecular complexity index is 1100. The van der Waals surface area contributed by atoms with E-state index in [0.29, 0.717) is 5.56 Å². The Hall–Kier alpha value is -2.38. The third-order valence-electron chi connectivity index (χ3n) is 5.45. The average molecular weight is 371 g/mol. The summed E-state index contributed by atoms with van der Waals surface area (Å²) in [5, 5.41) is 14.2. The number of hydrogen-bond donors (Lipinski definition) is 4. The molecule has 0 aliphatic carbocycles. The fourth-order valence-corrected chi connectivity index (χ4v) is 4.31. The van der Waals surface area contributed by atoms with Crippen LogP contribution in [0.3, 0.4) is 0 Å². The standard InChI is InChI=1S/C19H22N4O2S/c1-3-10(2)23-18(25)14(17(24)22-19(23)26)16-15-12(8-9-20-16)11-6-4-5-7-13(11)21-15/h4-7,10,16,20-21,25H,3,8-9H2,1-2H3,(H,22,24,26)/p+1/t10-,16+/m1/s1. The number of aromatic nitrogens is 3. The lowest BCUT2D eigenvalue weighted by Gasteiger charge is -2.24. The van der Waals surface area contributed by atoms with Crippen molar-refractivity contribution in [2.75, 3.05) is 6.54 Å². The first-order chi connectivity index (χ1) is 12.5. The summed E-state index contributed by atoms with van der Waals surface area (Å²) in [6, 6.07) is 7.89. The van der Waals surface area contributed by atoms with Crippen molar-refractivity contribution >= 4 is 23.1 Å². The molecule has 0 saturated heterocycles. The summed E-state index contributed by atoms with van der Waals surface area (Å²) in [7, 11) is 0. The zero-order valence-electron chi connectivity index (χ0n) is 14.9. The minimum atomic E-state index is -0.320. The lowest BCUT2D eigenvalue weighted by Crippen LogP contribution is -2.87. The van der Waals surface area contributed by atoms with Gasteiger partial charge in [0.05, 0.1) is 12.2 Å². The van der Waals surface area contributed by atoms with Crippen molar-refractivity contribution in [1.29, 1.82) is 0 Å². The Morgan fingerprint density at radius 3 is 2.92 bits per heavy atom. The van der Waals surface area contributed by atoms with Crippen LogP contribution in [0.1, 0.15) is 49.2 Å². The smallest absolute Gasteiger partial charge is 0.265 e. The lowest BCUT2D eigenvalue weighted by molar-refractivity contribution is -0.690. The molecule has 0 radical (unpaired) electrons. The van der Waals surface area contributed by atoms with Gasteiger partial charge in [0.15, 0.2) is 10.8 Å². The number of H-pyrrole nitrogens is 2. The minimum Gasteiger partial charge on any atom is -0.494 e. The monoisotopic (exact) mass is 371 g/mol. The number of nitrogens with one attached hydrogen (secondary N) is 2. The molecule has 5 N–H and O–H groups in total. The minimum absolute atomic E-state index is 0.00359. The van der Waals surface area contributed by atoms with Gasteiger partial charge in [0.25, 0.3) is 5.56 Å². The van der Waals surface area contributed by atoms with Gasteiger partial charge in [0, 0.05) is 23.4 Å². The van der Waals surface area contributed by atoms with Crippen LogP contribution < -0.4 is 10.9 Å². The van der Waals surface area contributed by atoms with Gasteiger partial charge >= 0.3 is 0 Å². The van der Waals surface area contributed by atoms with Crippen molar-refractivity contribution in [2.45, 2.75) is 38.8 Å². The van der Waals surface area contributed by atoms with Crippen LogP contribution in [-0.2, 0) is 6.42 Å². The van der Waals surface area contributed by atoms with Crippen LogP contribution in [0.5, 0.6) is 5.88 Å². The SMILES string of the molecule is CC[C@@H](C)n1c(O)c([C@@H]2[NH2+]CCc3c2[nH]c2ccccc32)c(=O)[nH]c1=S. The van der Waals surface area contributed by atoms with Gasteiger partial charge in [-0.15, -0.1) is 0 Å². The van der Waals surface area contributed by atoms with Crippen molar-refractivity contribution in [2.24, 2.45) is 0 Å². The summed E-state index contributed by atoms with van der Waals surface area (Å²) in [5.74, 6) is -0.0270. The predicted octanol–water partition coefficient (Wildman–Crippen LogP) is 2.27. The van der Waals surface area contributed by atoms with Gasteiger partial charge < -0.3 is 15.4 Å². The van der Waals surface area contributed by atoms with Crippen LogP contribution in [0.15, 0.2) is 29.1 Å². The Labute approximate surface area is 155 Å². The molecular weight excluding hydrogens is 348 g/mol. The average Bonchev–Trinajstić information content (AvgIpc) is 3.00. The zero-order chi connectivity index (χ0) is 18.4. The fraction of sp³-hybridized carbons (Fsp3) is 0.368. The molecule has 0 bridgehead atoms. The number of fused-ring (bicyclic) bond motifs is 3. The molecule has 0 saturated carbocycles. The Morgan fingerprint density at radius 2 is 2.15 bits per heavy atom. The van der Waals surface area contributed by atoms with E-state index in [1.54, 1.807) is 4.57 Å². The number of nitrogens with two attached hydrogens (primary N) is 1. The van der Waals surface area contributed by atoms with Crippen LogP contribution in [0, 0.1) is 4.77 Å². The first-order valence-corrected chi connectivity index (χ1v) is 9.44. The topological polar surface area (TPSA) is 90.4 Å². The number of rotatable bonds is 3. The molecule has 0 unspecified atom stereocenters. The highest BCUT2D eigenvalue weighted by atomic mass is 32.1. The van der Waals surface area contributed by atoms with Gasteiger partial charge in [-0.1, -0.05) is 25.1 Å². The molecule has 2 aromatic heterocycles. The Balaban J connectivity index is 1.96. The summed E-state index contributed by atoms with van der Waals surface area (Å²) in [6.45, 7) is 4.87. The molecule has 136 valence electrons. The molecule has 0 amide bonds. The number of para-hydroxylation sites is 1. The van der Waals surface area contributed by atoms with Gasteiger partial charge in [-0.3, -0.25) is 14.3 Å². The molecule has 7 heteroatoms. The Kier molecular flexibility index (Phi) is 4.20. The summed E-state index contributed by atoms with van der Waals surface area (Å²) in [6.07, 6.45) is 1.73. The fourth-order valence-electron chi connectivity index (χ4n) is 3.95. The maximum atomic E-state index is 12.7. The molecule has 3 heterocycles. The summed E-state index contributed by atoms with van der Waals surface area (Å²) in [4.78, 5) is 18.9. The quantitative estimate of drug-likeness (QED) is 0.533. The summed E-state index contributed by atoms with van der Waals surface area (Å²) >= 11 is 5.29. The van der Waals surface area contributed by atoms with E-state index >= 15 is 0 Å². The molecule has 6 nitrogen and oxygen atoms in total. The lowest BCUT2D eigenvalue weighted by atomic mass is 9.95. The van der Waals surface area contributed by atoms with E-state index in [4.69, 9.17) is 12.2 Å². The largest absolute Gasteiger partial charge is 0.494 e. The highest BCUT2D eigenvalue weighted by Crippen LogP contribution is 2.33. The zero-order valence-corrected chi connectivity index (χ0v) is 15.7. The molecule has 2 atom stereocenters. The first kappa shape index (κ1) is 17.1. The van der Waals surface area contributed by atoms with Crippen LogP contribution in [-0.4, -0.2) is 26.2 Å². The maximum absolute atomic E-state index is 12.7. The van der Waals surface area contributed by atoms with Gasteiger partial charge in [-0.05, 0) is 37.2 Å². The second-order valence-corrected chi connectivity index (χ2v) is 7.33. The van der Waals surface area contributed by atoms with E-state index in [0.717, 1.165) is 30.6 Å². The molecule has 4 rings (SSSR count). The van der Waals surface area contributed by atoms with Crippen LogP contribution >= 0.6 is 12.2 Å². The number of quaternary nitrogens is 1. The molecule has 3 aromatic rings. The molecule has 1 aromatic carbocycles. The van der Waals surface area contributed by atoms with Crippen molar-refractivity contribution in [3.8, 4) is 5.88 Å². The molecule has 26 heavy (non-hydrogen) atoms. The molecule has 1 aliphatic rings. The number of aromatic hydroxyl groups is 1. The van der Waals surface area contributed by atoms with Crippen LogP contribution in [0.2, 0.25) is 0 Å². The van der Waals surface area contributed by atoms with Crippen LogP contribution in [0.4, 0.5) is 0 Å². The highest BCUT2D eigenvalue weighted by Gasteiger charge is 2.34. The van der Waals surface area contributed by atoms with Gasteiger partial charge in [-0.25, -0.2) is 0 Å². The van der Waals surface area contributed by atoms with Crippen molar-refractivity contribution in [1.82, 2.24) is 14.5 Å². The summed E-state index contributed by atoms with van der Waals surface area (Å²) in [5.41, 5.74) is 3.32. The van der Waals surface area contributed by atoms with E-state index in [9.17, 15) is 9.90 Å². The molecule has 0 spiro atoms. The maximum Gasteiger partial charge on any atom is 0.265 e. The highest BCUT2D eigenvalue weighted by molar-refractivity contribution is 7.71. The molecule has 1 aliphatic heterocycles. The number of benzene rings is 1. The van der Waals surface area contributed by atoms with E-state index in [2.05, 4.69) is 21.4 Å². The normalized spacial score (nSPS) is 18.0. The molecule has 0 fully saturated rings. The van der Waals surface area contributed by atoms with Crippen molar-refractivity contribution in [3.05, 3.63) is 56.2 Å². The van der Waals surface area contributed by atoms with Crippen molar-refractivity contribution in [3.63, 3.8) is 0 Å². The Morgan fingerprint density at radius 1 is 1.38 bits per heavy atom. The van der Waals surface area contributed by atoms with Crippen LogP contribution in [0.25, 0.3) is 10.9 Å². The third kappa shape index (κ3) is 2.50. The predicted molar refractivity (Wildman–Crippen MR) is 103 cm³/mol. The van der Waals surface area contributed by atoms with Gasteiger partial charge in [0.2, 0.25) is 5.88 Å². The number of hydrogen-bond acceptors (Lipinski definition) is 3. The number of nitrogens with zero attached hydrogens (tertiary/aromatic N) is 1. The van der Waals surface area contributed by atoms with Gasteiger partial charge in [-0.2, -0.15) is 0 Å². The second kappa shape index (κ2) is 6.41. The van der Waals surface area contributed by atoms with Gasteiger partial charge in [0.1, 0.15) is 5.56 Å².